The number of ether oxygens (including phenoxy) is 2. The second-order valence-electron chi connectivity index (χ2n) is 7.47. The Balaban J connectivity index is 1.53. The molecule has 3 aromatic rings. The topological polar surface area (TPSA) is 77.0 Å². The molecule has 36 heavy (non-hydrogen) atoms. The van der Waals surface area contributed by atoms with Crippen LogP contribution in [-0.2, 0) is 11.4 Å². The van der Waals surface area contributed by atoms with E-state index >= 15 is 0 Å². The first-order chi connectivity index (χ1) is 17.3. The Hall–Kier alpha value is -2.89. The summed E-state index contributed by atoms with van der Waals surface area (Å²) in [6.07, 6.45) is 1.70. The van der Waals surface area contributed by atoms with Gasteiger partial charge in [0, 0.05) is 10.6 Å². The number of amidine groups is 1. The van der Waals surface area contributed by atoms with Crippen molar-refractivity contribution >= 4 is 69.0 Å². The Morgan fingerprint density at radius 1 is 1.14 bits per heavy atom. The van der Waals surface area contributed by atoms with Gasteiger partial charge < -0.3 is 14.8 Å². The summed E-state index contributed by atoms with van der Waals surface area (Å²) in [7, 11) is 0. The molecule has 0 spiro atoms. The van der Waals surface area contributed by atoms with Crippen LogP contribution in [-0.4, -0.2) is 23.6 Å². The zero-order valence-electron chi connectivity index (χ0n) is 18.9. The number of halogens is 3. The van der Waals surface area contributed by atoms with Crippen molar-refractivity contribution in [3.05, 3.63) is 96.7 Å². The average molecular weight is 637 g/mol. The first kappa shape index (κ1) is 26.2. The number of nitrogens with one attached hydrogen (secondary N) is 1. The molecule has 6 nitrogen and oxygen atoms in total. The van der Waals surface area contributed by atoms with Crippen LogP contribution in [0.25, 0.3) is 6.08 Å². The SMILES string of the molecule is CCOc1cc(/C=C2\SC(=NC(=O)c3ccc(Cl)cc3)NC2=O)cc(I)c1OCc1ccc(F)cc1. The van der Waals surface area contributed by atoms with E-state index in [0.29, 0.717) is 33.6 Å². The first-order valence-electron chi connectivity index (χ1n) is 10.8. The summed E-state index contributed by atoms with van der Waals surface area (Å²) in [6, 6.07) is 16.1. The van der Waals surface area contributed by atoms with Crippen molar-refractivity contribution in [1.82, 2.24) is 5.32 Å². The highest BCUT2D eigenvalue weighted by atomic mass is 127. The normalized spacial score (nSPS) is 15.3. The zero-order valence-corrected chi connectivity index (χ0v) is 22.6. The van der Waals surface area contributed by atoms with Gasteiger partial charge in [0.2, 0.25) is 0 Å². The predicted molar refractivity (Wildman–Crippen MR) is 148 cm³/mol. The molecule has 0 aromatic heterocycles. The Labute approximate surface area is 230 Å². The number of rotatable bonds is 7. The molecule has 0 aliphatic carbocycles. The van der Waals surface area contributed by atoms with Crippen molar-refractivity contribution in [2.45, 2.75) is 13.5 Å². The molecule has 1 aliphatic rings. The molecule has 10 heteroatoms. The molecule has 0 unspecified atom stereocenters. The van der Waals surface area contributed by atoms with Crippen molar-refractivity contribution in [2.75, 3.05) is 6.61 Å². The molecule has 3 aromatic carbocycles. The molecular formula is C26H19ClFIN2O4S. The number of hydrogen-bond acceptors (Lipinski definition) is 5. The molecule has 1 N–H and O–H groups in total. The Morgan fingerprint density at radius 3 is 2.56 bits per heavy atom. The van der Waals surface area contributed by atoms with Gasteiger partial charge in [-0.25, -0.2) is 4.39 Å². The zero-order chi connectivity index (χ0) is 25.7. The summed E-state index contributed by atoms with van der Waals surface area (Å²) in [5, 5.41) is 3.33. The third-order valence-electron chi connectivity index (χ3n) is 4.87. The van der Waals surface area contributed by atoms with Crippen LogP contribution in [0, 0.1) is 9.39 Å². The quantitative estimate of drug-likeness (QED) is 0.238. The number of nitrogens with zero attached hydrogens (tertiary/aromatic N) is 1. The first-order valence-corrected chi connectivity index (χ1v) is 13.0. The number of benzene rings is 3. The molecule has 2 amide bonds. The van der Waals surface area contributed by atoms with Crippen molar-refractivity contribution in [1.29, 1.82) is 0 Å². The minimum absolute atomic E-state index is 0.199. The minimum Gasteiger partial charge on any atom is -0.490 e. The highest BCUT2D eigenvalue weighted by Crippen LogP contribution is 2.36. The van der Waals surface area contributed by atoms with Gasteiger partial charge in [-0.2, -0.15) is 4.99 Å². The van der Waals surface area contributed by atoms with Crippen LogP contribution in [0.2, 0.25) is 5.02 Å². The minimum atomic E-state index is -0.480. The van der Waals surface area contributed by atoms with Crippen molar-refractivity contribution < 1.29 is 23.5 Å². The van der Waals surface area contributed by atoms with Crippen LogP contribution in [0.3, 0.4) is 0 Å². The summed E-state index contributed by atoms with van der Waals surface area (Å²) >= 11 is 9.08. The number of hydrogen-bond donors (Lipinski definition) is 1. The lowest BCUT2D eigenvalue weighted by molar-refractivity contribution is -0.115. The lowest BCUT2D eigenvalue weighted by atomic mass is 10.1. The Kier molecular flexibility index (Phi) is 8.65. The summed E-state index contributed by atoms with van der Waals surface area (Å²) in [5.41, 5.74) is 1.91. The lowest BCUT2D eigenvalue weighted by Crippen LogP contribution is -2.20. The Morgan fingerprint density at radius 2 is 1.86 bits per heavy atom. The van der Waals surface area contributed by atoms with E-state index in [1.54, 1.807) is 48.5 Å². The Bertz CT molecular complexity index is 1360. The van der Waals surface area contributed by atoms with Gasteiger partial charge in [0.1, 0.15) is 12.4 Å². The van der Waals surface area contributed by atoms with E-state index in [1.165, 1.54) is 12.1 Å². The van der Waals surface area contributed by atoms with E-state index in [2.05, 4.69) is 32.9 Å². The van der Waals surface area contributed by atoms with Gasteiger partial charge in [-0.1, -0.05) is 23.7 Å². The average Bonchev–Trinajstić information content (AvgIpc) is 3.18. The van der Waals surface area contributed by atoms with Crippen LogP contribution in [0.5, 0.6) is 11.5 Å². The molecule has 1 aliphatic heterocycles. The van der Waals surface area contributed by atoms with E-state index in [4.69, 9.17) is 21.1 Å². The fourth-order valence-corrected chi connectivity index (χ4v) is 4.92. The van der Waals surface area contributed by atoms with Crippen molar-refractivity contribution in [3.8, 4) is 11.5 Å². The number of carbonyl (C=O) groups is 2. The standard InChI is InChI=1S/C26H19ClFIN2O4S/c1-2-34-21-12-16(11-20(29)23(21)35-14-15-3-9-19(28)10-4-15)13-22-25(33)31-26(36-22)30-24(32)17-5-7-18(27)8-6-17/h3-13H,2,14H2,1H3,(H,30,31,32,33)/b22-13-. The molecular weight excluding hydrogens is 618 g/mol. The van der Waals surface area contributed by atoms with Crippen LogP contribution < -0.4 is 14.8 Å². The van der Waals surface area contributed by atoms with Gasteiger partial charge in [0.25, 0.3) is 11.8 Å². The molecule has 184 valence electrons. The summed E-state index contributed by atoms with van der Waals surface area (Å²) in [5.74, 6) is -0.0623. The van der Waals surface area contributed by atoms with Crippen LogP contribution in [0.4, 0.5) is 4.39 Å². The van der Waals surface area contributed by atoms with Crippen LogP contribution in [0.1, 0.15) is 28.4 Å². The van der Waals surface area contributed by atoms with E-state index in [0.717, 1.165) is 26.5 Å². The third kappa shape index (κ3) is 6.65. The molecule has 1 fully saturated rings. The smallest absolute Gasteiger partial charge is 0.279 e. The summed E-state index contributed by atoms with van der Waals surface area (Å²) in [6.45, 7) is 2.53. The lowest BCUT2D eigenvalue weighted by Gasteiger charge is -2.15. The van der Waals surface area contributed by atoms with Gasteiger partial charge >= 0.3 is 0 Å². The molecule has 1 saturated heterocycles. The molecule has 0 saturated carbocycles. The number of aliphatic imine (C=N–C) groups is 1. The maximum atomic E-state index is 13.2. The van der Waals surface area contributed by atoms with Gasteiger partial charge in [-0.3, -0.25) is 9.59 Å². The highest BCUT2D eigenvalue weighted by Gasteiger charge is 2.25. The highest BCUT2D eigenvalue weighted by molar-refractivity contribution is 14.1. The van der Waals surface area contributed by atoms with Gasteiger partial charge in [-0.15, -0.1) is 0 Å². The fraction of sp³-hybridized carbons (Fsp3) is 0.115. The second kappa shape index (κ2) is 11.9. The van der Waals surface area contributed by atoms with E-state index in [1.807, 2.05) is 13.0 Å². The predicted octanol–water partition coefficient (Wildman–Crippen LogP) is 6.46. The summed E-state index contributed by atoms with van der Waals surface area (Å²) in [4.78, 5) is 29.3. The van der Waals surface area contributed by atoms with Gasteiger partial charge in [-0.05, 0) is 107 Å². The monoisotopic (exact) mass is 636 g/mol. The molecule has 4 rings (SSSR count). The number of carbonyl (C=O) groups excluding carboxylic acids is 2. The molecule has 0 radical (unpaired) electrons. The third-order valence-corrected chi connectivity index (χ3v) is 6.83. The van der Waals surface area contributed by atoms with E-state index in [9.17, 15) is 14.0 Å². The van der Waals surface area contributed by atoms with E-state index < -0.39 is 5.91 Å². The molecule has 0 atom stereocenters. The van der Waals surface area contributed by atoms with Crippen LogP contribution in [0.15, 0.2) is 70.6 Å². The van der Waals surface area contributed by atoms with Crippen molar-refractivity contribution in [3.63, 3.8) is 0 Å². The van der Waals surface area contributed by atoms with Crippen molar-refractivity contribution in [2.24, 2.45) is 4.99 Å². The fourth-order valence-electron chi connectivity index (χ4n) is 3.19. The largest absolute Gasteiger partial charge is 0.490 e. The number of thioether (sulfide) groups is 1. The van der Waals surface area contributed by atoms with Gasteiger partial charge in [0.05, 0.1) is 15.1 Å². The summed E-state index contributed by atoms with van der Waals surface area (Å²) < 4.78 is 25.7. The second-order valence-corrected chi connectivity index (χ2v) is 10.1. The maximum Gasteiger partial charge on any atom is 0.279 e. The maximum absolute atomic E-state index is 13.2. The molecule has 0 bridgehead atoms. The van der Waals surface area contributed by atoms with Crippen LogP contribution >= 0.6 is 46.0 Å². The van der Waals surface area contributed by atoms with Gasteiger partial charge in [0.15, 0.2) is 16.7 Å². The van der Waals surface area contributed by atoms with E-state index in [-0.39, 0.29) is 23.5 Å². The number of amides is 2. The molecule has 1 heterocycles.